The second kappa shape index (κ2) is 7.88. The lowest BCUT2D eigenvalue weighted by molar-refractivity contribution is 0.0253. The number of alkyl carbamates (subject to hydrolysis) is 1. The first-order valence-electron chi connectivity index (χ1n) is 8.41. The molecule has 1 heterocycles. The van der Waals surface area contributed by atoms with Crippen molar-refractivity contribution in [3.63, 3.8) is 0 Å². The largest absolute Gasteiger partial charge is 0.444 e. The molecule has 1 aliphatic rings. The number of rotatable bonds is 2. The first kappa shape index (κ1) is 19.6. The summed E-state index contributed by atoms with van der Waals surface area (Å²) in [4.78, 5) is 25.6. The Balaban J connectivity index is 2.38. The highest BCUT2D eigenvalue weighted by atomic mass is 16.6. The minimum absolute atomic E-state index is 0.252. The molecule has 0 aliphatic carbocycles. The van der Waals surface area contributed by atoms with Crippen LogP contribution in [0.5, 0.6) is 0 Å². The van der Waals surface area contributed by atoms with Crippen molar-refractivity contribution >= 4 is 12.2 Å². The Morgan fingerprint density at radius 1 is 1.00 bits per heavy atom. The van der Waals surface area contributed by atoms with Gasteiger partial charge in [-0.1, -0.05) is 0 Å². The molecule has 1 atom stereocenters. The Morgan fingerprint density at radius 2 is 1.61 bits per heavy atom. The minimum Gasteiger partial charge on any atom is -0.444 e. The average Bonchev–Trinajstić information content (AvgIpc) is 2.57. The summed E-state index contributed by atoms with van der Waals surface area (Å²) in [6.07, 6.45) is 2.12. The predicted molar refractivity (Wildman–Crippen MR) is 89.4 cm³/mol. The van der Waals surface area contributed by atoms with Crippen LogP contribution in [0.2, 0.25) is 0 Å². The molecule has 1 saturated heterocycles. The van der Waals surface area contributed by atoms with Gasteiger partial charge in [-0.05, 0) is 66.7 Å². The van der Waals surface area contributed by atoms with E-state index in [9.17, 15) is 9.59 Å². The van der Waals surface area contributed by atoms with E-state index in [1.54, 1.807) is 4.90 Å². The Bertz CT molecular complexity index is 410. The number of likely N-dealkylation sites (tertiary alicyclic amines) is 1. The van der Waals surface area contributed by atoms with Crippen molar-refractivity contribution in [2.45, 2.75) is 72.0 Å². The molecule has 0 aromatic carbocycles. The first-order valence-corrected chi connectivity index (χ1v) is 8.41. The molecular weight excluding hydrogens is 296 g/mol. The van der Waals surface area contributed by atoms with Gasteiger partial charge in [-0.3, -0.25) is 0 Å². The summed E-state index contributed by atoms with van der Waals surface area (Å²) in [5.74, 6) is 0.356. The summed E-state index contributed by atoms with van der Waals surface area (Å²) < 4.78 is 10.7. The zero-order valence-corrected chi connectivity index (χ0v) is 15.4. The highest BCUT2D eigenvalue weighted by Crippen LogP contribution is 2.19. The highest BCUT2D eigenvalue weighted by molar-refractivity contribution is 5.68. The van der Waals surface area contributed by atoms with Gasteiger partial charge in [0.1, 0.15) is 11.2 Å². The van der Waals surface area contributed by atoms with Crippen molar-refractivity contribution in [1.29, 1.82) is 0 Å². The summed E-state index contributed by atoms with van der Waals surface area (Å²) in [5, 5.41) is 2.82. The van der Waals surface area contributed by atoms with Crippen LogP contribution in [0.4, 0.5) is 9.59 Å². The molecule has 1 rings (SSSR count). The molecule has 0 aromatic heterocycles. The van der Waals surface area contributed by atoms with Crippen molar-refractivity contribution in [3.05, 3.63) is 0 Å². The Labute approximate surface area is 139 Å². The molecule has 0 aromatic rings. The Kier molecular flexibility index (Phi) is 6.71. The van der Waals surface area contributed by atoms with E-state index in [0.717, 1.165) is 19.3 Å². The lowest BCUT2D eigenvalue weighted by Crippen LogP contribution is -2.38. The summed E-state index contributed by atoms with van der Waals surface area (Å²) in [7, 11) is 0. The monoisotopic (exact) mass is 328 g/mol. The average molecular weight is 328 g/mol. The van der Waals surface area contributed by atoms with Crippen LogP contribution in [-0.2, 0) is 9.47 Å². The van der Waals surface area contributed by atoms with Crippen LogP contribution >= 0.6 is 0 Å². The maximum Gasteiger partial charge on any atom is 0.410 e. The Hall–Kier alpha value is -1.46. The minimum atomic E-state index is -0.485. The van der Waals surface area contributed by atoms with Gasteiger partial charge in [0.2, 0.25) is 0 Å². The number of nitrogens with zero attached hydrogens (tertiary/aromatic N) is 1. The zero-order valence-electron chi connectivity index (χ0n) is 15.4. The van der Waals surface area contributed by atoms with Crippen molar-refractivity contribution in [2.24, 2.45) is 5.92 Å². The van der Waals surface area contributed by atoms with Gasteiger partial charge in [-0.15, -0.1) is 0 Å². The normalized spacial score (nSPS) is 19.7. The molecule has 1 unspecified atom stereocenters. The molecule has 1 fully saturated rings. The fourth-order valence-electron chi connectivity index (χ4n) is 2.42. The number of ether oxygens (including phenoxy) is 2. The topological polar surface area (TPSA) is 67.9 Å². The van der Waals surface area contributed by atoms with Crippen LogP contribution in [0, 0.1) is 5.92 Å². The van der Waals surface area contributed by atoms with Gasteiger partial charge < -0.3 is 19.7 Å². The van der Waals surface area contributed by atoms with Gasteiger partial charge in [0.05, 0.1) is 0 Å². The smallest absolute Gasteiger partial charge is 0.410 e. The van der Waals surface area contributed by atoms with E-state index in [2.05, 4.69) is 5.32 Å². The van der Waals surface area contributed by atoms with E-state index in [4.69, 9.17) is 9.47 Å². The van der Waals surface area contributed by atoms with Crippen LogP contribution in [0.15, 0.2) is 0 Å². The quantitative estimate of drug-likeness (QED) is 0.842. The van der Waals surface area contributed by atoms with Crippen molar-refractivity contribution in [2.75, 3.05) is 19.6 Å². The van der Waals surface area contributed by atoms with Crippen LogP contribution in [-0.4, -0.2) is 47.9 Å². The Morgan fingerprint density at radius 3 is 2.17 bits per heavy atom. The number of hydrogen-bond donors (Lipinski definition) is 1. The van der Waals surface area contributed by atoms with E-state index in [1.165, 1.54) is 0 Å². The molecule has 0 radical (unpaired) electrons. The first-order chi connectivity index (χ1) is 10.5. The molecule has 134 valence electrons. The van der Waals surface area contributed by atoms with E-state index < -0.39 is 11.2 Å². The molecule has 0 saturated carbocycles. The number of carbonyl (C=O) groups excluding carboxylic acids is 2. The standard InChI is InChI=1S/C17H32N2O4/c1-16(2,3)22-14(20)18-12-13-8-7-10-19(11-9-13)15(21)23-17(4,5)6/h13H,7-12H2,1-6H3,(H,18,20). The highest BCUT2D eigenvalue weighted by Gasteiger charge is 2.25. The maximum absolute atomic E-state index is 12.1. The third-order valence-corrected chi connectivity index (χ3v) is 3.43. The van der Waals surface area contributed by atoms with Crippen molar-refractivity contribution in [1.82, 2.24) is 10.2 Å². The van der Waals surface area contributed by atoms with Crippen LogP contribution in [0.1, 0.15) is 60.8 Å². The van der Waals surface area contributed by atoms with E-state index >= 15 is 0 Å². The van der Waals surface area contributed by atoms with Gasteiger partial charge >= 0.3 is 12.2 Å². The predicted octanol–water partition coefficient (Wildman–Crippen LogP) is 3.55. The molecule has 6 nitrogen and oxygen atoms in total. The lowest BCUT2D eigenvalue weighted by atomic mass is 10.0. The van der Waals surface area contributed by atoms with Gasteiger partial charge in [0, 0.05) is 19.6 Å². The second-order valence-electron chi connectivity index (χ2n) is 8.15. The number of carbonyl (C=O) groups is 2. The van der Waals surface area contributed by atoms with Gasteiger partial charge in [-0.2, -0.15) is 0 Å². The number of amides is 2. The SMILES string of the molecule is CC(C)(C)OC(=O)NCC1CCCN(C(=O)OC(C)(C)C)CC1. The van der Waals surface area contributed by atoms with E-state index in [0.29, 0.717) is 25.6 Å². The lowest BCUT2D eigenvalue weighted by Gasteiger charge is -2.26. The molecule has 23 heavy (non-hydrogen) atoms. The van der Waals surface area contributed by atoms with Crippen molar-refractivity contribution < 1.29 is 19.1 Å². The van der Waals surface area contributed by atoms with Gasteiger partial charge in [0.15, 0.2) is 0 Å². The number of hydrogen-bond acceptors (Lipinski definition) is 4. The third kappa shape index (κ3) is 8.67. The van der Waals surface area contributed by atoms with Crippen LogP contribution < -0.4 is 5.32 Å². The second-order valence-corrected chi connectivity index (χ2v) is 8.15. The zero-order chi connectivity index (χ0) is 17.7. The van der Waals surface area contributed by atoms with E-state index in [-0.39, 0.29) is 12.2 Å². The molecular formula is C17H32N2O4. The summed E-state index contributed by atoms with van der Waals surface area (Å²) in [6, 6.07) is 0. The molecule has 2 amide bonds. The summed E-state index contributed by atoms with van der Waals surface area (Å²) >= 11 is 0. The molecule has 6 heteroatoms. The summed E-state index contributed by atoms with van der Waals surface area (Å²) in [5.41, 5.74) is -0.956. The van der Waals surface area contributed by atoms with Crippen molar-refractivity contribution in [3.8, 4) is 0 Å². The van der Waals surface area contributed by atoms with E-state index in [1.807, 2.05) is 41.5 Å². The van der Waals surface area contributed by atoms with Gasteiger partial charge in [-0.25, -0.2) is 9.59 Å². The molecule has 0 bridgehead atoms. The maximum atomic E-state index is 12.1. The molecule has 1 N–H and O–H groups in total. The van der Waals surface area contributed by atoms with Crippen LogP contribution in [0.3, 0.4) is 0 Å². The number of nitrogens with one attached hydrogen (secondary N) is 1. The fourth-order valence-corrected chi connectivity index (χ4v) is 2.42. The summed E-state index contributed by atoms with van der Waals surface area (Å²) in [6.45, 7) is 13.1. The fraction of sp³-hybridized carbons (Fsp3) is 0.882. The molecule has 1 aliphatic heterocycles. The molecule has 0 spiro atoms. The third-order valence-electron chi connectivity index (χ3n) is 3.43. The van der Waals surface area contributed by atoms with Gasteiger partial charge in [0.25, 0.3) is 0 Å². The van der Waals surface area contributed by atoms with Crippen LogP contribution in [0.25, 0.3) is 0 Å².